The maximum Gasteiger partial charge on any atom is 0.325 e. The standard InChI is InChI=1S/C23H20N6O5S/c1-2-9-28-20(31)15-5-3-4-6-16(15)29-22(28)26-27-23(29)35-13-19(30)25-21(32)24-14-7-8-17-18(12-14)34-11-10-33-17/h2-8,12H,1,9-11,13H2,(H2,24,25,30,32). The van der Waals surface area contributed by atoms with Crippen LogP contribution in [0.3, 0.4) is 0 Å². The first-order chi connectivity index (χ1) is 17.0. The highest BCUT2D eigenvalue weighted by Gasteiger charge is 2.18. The molecular weight excluding hydrogens is 472 g/mol. The fourth-order valence-electron chi connectivity index (χ4n) is 3.70. The Morgan fingerprint density at radius 1 is 1.11 bits per heavy atom. The van der Waals surface area contributed by atoms with Crippen LogP contribution in [0.2, 0.25) is 0 Å². The van der Waals surface area contributed by atoms with Gasteiger partial charge in [-0.25, -0.2) is 4.79 Å². The van der Waals surface area contributed by atoms with Gasteiger partial charge in [0.15, 0.2) is 16.7 Å². The van der Waals surface area contributed by atoms with Crippen LogP contribution in [-0.4, -0.2) is 50.1 Å². The lowest BCUT2D eigenvalue weighted by molar-refractivity contribution is -0.117. The highest BCUT2D eigenvalue weighted by molar-refractivity contribution is 7.99. The molecule has 3 heterocycles. The summed E-state index contributed by atoms with van der Waals surface area (Å²) in [5, 5.41) is 14.1. The smallest absolute Gasteiger partial charge is 0.325 e. The molecule has 0 radical (unpaired) electrons. The molecule has 35 heavy (non-hydrogen) atoms. The van der Waals surface area contributed by atoms with Crippen molar-refractivity contribution in [3.63, 3.8) is 0 Å². The van der Waals surface area contributed by atoms with Crippen molar-refractivity contribution < 1.29 is 19.1 Å². The number of para-hydroxylation sites is 1. The maximum absolute atomic E-state index is 12.9. The molecule has 2 N–H and O–H groups in total. The SMILES string of the molecule is C=CCn1c(=O)c2ccccc2n2c(SCC(=O)NC(=O)Nc3ccc4c(c3)OCCO4)nnc12. The summed E-state index contributed by atoms with van der Waals surface area (Å²) in [7, 11) is 0. The van der Waals surface area contributed by atoms with Crippen LogP contribution >= 0.6 is 11.8 Å². The van der Waals surface area contributed by atoms with Crippen molar-refractivity contribution in [3.8, 4) is 11.5 Å². The lowest BCUT2D eigenvalue weighted by Crippen LogP contribution is -2.35. The molecule has 11 nitrogen and oxygen atoms in total. The number of nitrogens with zero attached hydrogens (tertiary/aromatic N) is 4. The van der Waals surface area contributed by atoms with Crippen LogP contribution in [0.1, 0.15) is 0 Å². The third kappa shape index (κ3) is 4.43. The summed E-state index contributed by atoms with van der Waals surface area (Å²) < 4.78 is 14.1. The lowest BCUT2D eigenvalue weighted by atomic mass is 10.2. The Hall–Kier alpha value is -4.32. The van der Waals surface area contributed by atoms with Gasteiger partial charge in [0.25, 0.3) is 5.56 Å². The second-order valence-electron chi connectivity index (χ2n) is 7.49. The number of urea groups is 1. The molecule has 5 rings (SSSR count). The summed E-state index contributed by atoms with van der Waals surface area (Å²) >= 11 is 1.10. The first kappa shape index (κ1) is 22.5. The number of hydrogen-bond acceptors (Lipinski definition) is 8. The van der Waals surface area contributed by atoms with Gasteiger partial charge in [-0.05, 0) is 24.3 Å². The normalized spacial score (nSPS) is 12.5. The van der Waals surface area contributed by atoms with Gasteiger partial charge in [-0.15, -0.1) is 16.8 Å². The molecule has 12 heteroatoms. The predicted octanol–water partition coefficient (Wildman–Crippen LogP) is 2.44. The van der Waals surface area contributed by atoms with E-state index in [4.69, 9.17) is 9.47 Å². The van der Waals surface area contributed by atoms with Crippen LogP contribution in [-0.2, 0) is 11.3 Å². The summed E-state index contributed by atoms with van der Waals surface area (Å²) in [6, 6.07) is 11.4. The van der Waals surface area contributed by atoms with Crippen LogP contribution in [0.5, 0.6) is 11.5 Å². The van der Waals surface area contributed by atoms with Crippen LogP contribution in [0.15, 0.2) is 65.1 Å². The number of nitrogens with one attached hydrogen (secondary N) is 2. The van der Waals surface area contributed by atoms with E-state index in [0.717, 1.165) is 11.8 Å². The molecule has 3 amide bonds. The second kappa shape index (κ2) is 9.50. The molecule has 0 bridgehead atoms. The van der Waals surface area contributed by atoms with E-state index < -0.39 is 11.9 Å². The van der Waals surface area contributed by atoms with Gasteiger partial charge in [-0.3, -0.25) is 23.9 Å². The number of anilines is 1. The average Bonchev–Trinajstić information content (AvgIpc) is 3.29. The number of thioether (sulfide) groups is 1. The number of carbonyl (C=O) groups excluding carboxylic acids is 2. The molecule has 0 spiro atoms. The molecule has 1 aliphatic heterocycles. The molecule has 0 saturated heterocycles. The molecular formula is C23H20N6O5S. The van der Waals surface area contributed by atoms with Gasteiger partial charge >= 0.3 is 6.03 Å². The molecule has 4 aromatic rings. The fourth-order valence-corrected chi connectivity index (χ4v) is 4.44. The monoisotopic (exact) mass is 492 g/mol. The summed E-state index contributed by atoms with van der Waals surface area (Å²) in [4.78, 5) is 37.6. The molecule has 2 aromatic heterocycles. The van der Waals surface area contributed by atoms with E-state index >= 15 is 0 Å². The number of amides is 3. The number of carbonyl (C=O) groups is 2. The molecule has 0 aliphatic carbocycles. The highest BCUT2D eigenvalue weighted by Crippen LogP contribution is 2.32. The molecule has 0 fully saturated rings. The van der Waals surface area contributed by atoms with Gasteiger partial charge in [-0.1, -0.05) is 30.0 Å². The van der Waals surface area contributed by atoms with Gasteiger partial charge < -0.3 is 14.8 Å². The minimum atomic E-state index is -0.677. The van der Waals surface area contributed by atoms with Crippen molar-refractivity contribution in [2.75, 3.05) is 24.3 Å². The first-order valence-electron chi connectivity index (χ1n) is 10.7. The molecule has 0 atom stereocenters. The first-order valence-corrected chi connectivity index (χ1v) is 11.6. The number of rotatable bonds is 6. The van der Waals surface area contributed by atoms with Crippen LogP contribution in [0.4, 0.5) is 10.5 Å². The van der Waals surface area contributed by atoms with E-state index in [-0.39, 0.29) is 17.9 Å². The van der Waals surface area contributed by atoms with E-state index in [2.05, 4.69) is 27.4 Å². The minimum Gasteiger partial charge on any atom is -0.486 e. The second-order valence-corrected chi connectivity index (χ2v) is 8.43. The Balaban J connectivity index is 1.30. The number of hydrogen-bond donors (Lipinski definition) is 2. The van der Waals surface area contributed by atoms with Gasteiger partial charge in [0, 0.05) is 18.3 Å². The number of imide groups is 1. The number of aromatic nitrogens is 4. The van der Waals surface area contributed by atoms with Crippen LogP contribution < -0.4 is 25.7 Å². The Morgan fingerprint density at radius 2 is 1.91 bits per heavy atom. The van der Waals surface area contributed by atoms with Crippen molar-refractivity contribution >= 4 is 46.1 Å². The Bertz CT molecular complexity index is 1530. The number of ether oxygens (including phenoxy) is 2. The zero-order valence-electron chi connectivity index (χ0n) is 18.4. The van der Waals surface area contributed by atoms with Gasteiger partial charge in [0.2, 0.25) is 11.7 Å². The highest BCUT2D eigenvalue weighted by atomic mass is 32.2. The zero-order chi connectivity index (χ0) is 24.4. The molecule has 178 valence electrons. The third-order valence-electron chi connectivity index (χ3n) is 5.18. The van der Waals surface area contributed by atoms with Gasteiger partial charge in [-0.2, -0.15) is 0 Å². The van der Waals surface area contributed by atoms with E-state index in [0.29, 0.717) is 52.2 Å². The minimum absolute atomic E-state index is 0.0930. The van der Waals surface area contributed by atoms with E-state index in [1.54, 1.807) is 46.9 Å². The zero-order valence-corrected chi connectivity index (χ0v) is 19.2. The largest absolute Gasteiger partial charge is 0.486 e. The summed E-state index contributed by atoms with van der Waals surface area (Å²) in [6.45, 7) is 4.86. The predicted molar refractivity (Wildman–Crippen MR) is 130 cm³/mol. The molecule has 1 aliphatic rings. The quantitative estimate of drug-likeness (QED) is 0.310. The third-order valence-corrected chi connectivity index (χ3v) is 6.10. The molecule has 0 unspecified atom stereocenters. The van der Waals surface area contributed by atoms with Crippen LogP contribution in [0.25, 0.3) is 16.7 Å². The van der Waals surface area contributed by atoms with E-state index in [1.807, 2.05) is 6.07 Å². The maximum atomic E-state index is 12.9. The Labute approximate surface area is 202 Å². The molecule has 0 saturated carbocycles. The van der Waals surface area contributed by atoms with Gasteiger partial charge in [0.1, 0.15) is 13.2 Å². The van der Waals surface area contributed by atoms with Crippen LogP contribution in [0, 0.1) is 0 Å². The summed E-state index contributed by atoms with van der Waals surface area (Å²) in [5.41, 5.74) is 0.880. The fraction of sp³-hybridized carbons (Fsp3) is 0.174. The van der Waals surface area contributed by atoms with Gasteiger partial charge in [0.05, 0.1) is 16.7 Å². The van der Waals surface area contributed by atoms with Crippen molar-refractivity contribution in [1.82, 2.24) is 24.5 Å². The number of fused-ring (bicyclic) bond motifs is 4. The topological polar surface area (TPSA) is 129 Å². The summed E-state index contributed by atoms with van der Waals surface area (Å²) in [5.74, 6) is 0.848. The number of benzene rings is 2. The van der Waals surface area contributed by atoms with Crippen molar-refractivity contribution in [1.29, 1.82) is 0 Å². The lowest BCUT2D eigenvalue weighted by Gasteiger charge is -2.19. The Kier molecular flexibility index (Phi) is 6.10. The van der Waals surface area contributed by atoms with E-state index in [1.165, 1.54) is 4.57 Å². The van der Waals surface area contributed by atoms with E-state index in [9.17, 15) is 14.4 Å². The number of allylic oxidation sites excluding steroid dienone is 1. The Morgan fingerprint density at radius 3 is 2.74 bits per heavy atom. The van der Waals surface area contributed by atoms with Crippen molar-refractivity contribution in [2.24, 2.45) is 0 Å². The average molecular weight is 493 g/mol. The van der Waals surface area contributed by atoms with Crippen molar-refractivity contribution in [2.45, 2.75) is 11.7 Å². The summed E-state index contributed by atoms with van der Waals surface area (Å²) in [6.07, 6.45) is 1.60. The van der Waals surface area contributed by atoms with Crippen molar-refractivity contribution in [3.05, 3.63) is 65.5 Å². The molecule has 2 aromatic carbocycles.